The molecule has 2 aromatic heterocycles. The molecule has 0 aromatic carbocycles. The third-order valence-corrected chi connectivity index (χ3v) is 4.25. The topological polar surface area (TPSA) is 94.7 Å². The monoisotopic (exact) mass is 301 g/mol. The molecule has 0 radical (unpaired) electrons. The number of anilines is 1. The summed E-state index contributed by atoms with van der Waals surface area (Å²) in [5.41, 5.74) is 1.66. The number of aromatic nitrogens is 4. The van der Waals surface area contributed by atoms with E-state index in [-0.39, 0.29) is 0 Å². The zero-order valence-corrected chi connectivity index (χ0v) is 12.7. The Morgan fingerprint density at radius 2 is 2.18 bits per heavy atom. The van der Waals surface area contributed by atoms with Gasteiger partial charge in [0.1, 0.15) is 5.69 Å². The van der Waals surface area contributed by atoms with Crippen LogP contribution in [0.15, 0.2) is 21.9 Å². The fraction of sp³-hybridized carbons (Fsp3) is 0.467. The molecule has 7 heteroatoms. The van der Waals surface area contributed by atoms with Crippen LogP contribution in [0.4, 0.5) is 5.69 Å². The SMILES string of the molecule is CC[C@@H]1CCN(c2cc(-c3c[nH]c(=O)[nH]c3=O)nnc2C)C1. The molecular formula is C15H19N5O2. The zero-order chi connectivity index (χ0) is 15.7. The van der Waals surface area contributed by atoms with Crippen LogP contribution in [0, 0.1) is 12.8 Å². The molecule has 0 aliphatic carbocycles. The molecule has 1 aliphatic heterocycles. The molecular weight excluding hydrogens is 282 g/mol. The van der Waals surface area contributed by atoms with Crippen LogP contribution < -0.4 is 16.1 Å². The van der Waals surface area contributed by atoms with Crippen LogP contribution in [0.1, 0.15) is 25.5 Å². The molecule has 1 saturated heterocycles. The fourth-order valence-corrected chi connectivity index (χ4v) is 2.88. The molecule has 116 valence electrons. The molecule has 2 N–H and O–H groups in total. The maximum atomic E-state index is 11.9. The lowest BCUT2D eigenvalue weighted by molar-refractivity contribution is 0.569. The number of hydrogen-bond donors (Lipinski definition) is 2. The van der Waals surface area contributed by atoms with Gasteiger partial charge in [-0.1, -0.05) is 13.3 Å². The minimum atomic E-state index is -0.528. The molecule has 1 fully saturated rings. The van der Waals surface area contributed by atoms with E-state index >= 15 is 0 Å². The number of aryl methyl sites for hydroxylation is 1. The van der Waals surface area contributed by atoms with Crippen LogP contribution in [-0.4, -0.2) is 33.3 Å². The van der Waals surface area contributed by atoms with Gasteiger partial charge >= 0.3 is 5.69 Å². The number of hydrogen-bond acceptors (Lipinski definition) is 5. The first-order valence-electron chi connectivity index (χ1n) is 7.50. The lowest BCUT2D eigenvalue weighted by Gasteiger charge is -2.20. The predicted molar refractivity (Wildman–Crippen MR) is 84.1 cm³/mol. The first kappa shape index (κ1) is 14.5. The highest BCUT2D eigenvalue weighted by Gasteiger charge is 2.23. The lowest BCUT2D eigenvalue weighted by atomic mass is 10.1. The second kappa shape index (κ2) is 5.75. The van der Waals surface area contributed by atoms with E-state index in [0.717, 1.165) is 24.5 Å². The van der Waals surface area contributed by atoms with E-state index in [9.17, 15) is 9.59 Å². The molecule has 1 atom stereocenters. The minimum absolute atomic E-state index is 0.319. The third-order valence-electron chi connectivity index (χ3n) is 4.25. The minimum Gasteiger partial charge on any atom is -0.370 e. The second-order valence-electron chi connectivity index (χ2n) is 5.69. The molecule has 0 spiro atoms. The Hall–Kier alpha value is -2.44. The lowest BCUT2D eigenvalue weighted by Crippen LogP contribution is -2.24. The van der Waals surface area contributed by atoms with Crippen LogP contribution in [0.25, 0.3) is 11.3 Å². The summed E-state index contributed by atoms with van der Waals surface area (Å²) >= 11 is 0. The quantitative estimate of drug-likeness (QED) is 0.884. The van der Waals surface area contributed by atoms with E-state index in [2.05, 4.69) is 32.0 Å². The van der Waals surface area contributed by atoms with Crippen molar-refractivity contribution in [3.63, 3.8) is 0 Å². The Kier molecular flexibility index (Phi) is 3.79. The number of H-pyrrole nitrogens is 2. The molecule has 0 unspecified atom stereocenters. The molecule has 0 saturated carbocycles. The van der Waals surface area contributed by atoms with Crippen molar-refractivity contribution in [2.75, 3.05) is 18.0 Å². The van der Waals surface area contributed by atoms with Crippen molar-refractivity contribution in [3.8, 4) is 11.3 Å². The van der Waals surface area contributed by atoms with Crippen LogP contribution in [-0.2, 0) is 0 Å². The normalized spacial score (nSPS) is 17.9. The Labute approximate surface area is 127 Å². The highest BCUT2D eigenvalue weighted by molar-refractivity contribution is 5.64. The van der Waals surface area contributed by atoms with Gasteiger partial charge in [0.15, 0.2) is 0 Å². The van der Waals surface area contributed by atoms with Crippen molar-refractivity contribution in [3.05, 3.63) is 38.8 Å². The van der Waals surface area contributed by atoms with Crippen LogP contribution >= 0.6 is 0 Å². The molecule has 0 bridgehead atoms. The number of nitrogens with zero attached hydrogens (tertiary/aromatic N) is 3. The van der Waals surface area contributed by atoms with E-state index in [1.165, 1.54) is 19.0 Å². The van der Waals surface area contributed by atoms with Gasteiger partial charge in [0.25, 0.3) is 5.56 Å². The molecule has 2 aromatic rings. The van der Waals surface area contributed by atoms with Gasteiger partial charge in [-0.3, -0.25) is 9.78 Å². The van der Waals surface area contributed by atoms with E-state index in [0.29, 0.717) is 17.2 Å². The maximum absolute atomic E-state index is 11.9. The highest BCUT2D eigenvalue weighted by atomic mass is 16.2. The summed E-state index contributed by atoms with van der Waals surface area (Å²) in [6, 6.07) is 1.88. The largest absolute Gasteiger partial charge is 0.370 e. The average molecular weight is 301 g/mol. The Morgan fingerprint density at radius 3 is 2.86 bits per heavy atom. The molecule has 3 rings (SSSR count). The molecule has 22 heavy (non-hydrogen) atoms. The van der Waals surface area contributed by atoms with Crippen molar-refractivity contribution in [2.24, 2.45) is 5.92 Å². The Morgan fingerprint density at radius 1 is 1.36 bits per heavy atom. The van der Waals surface area contributed by atoms with Gasteiger partial charge in [0, 0.05) is 19.3 Å². The molecule has 3 heterocycles. The van der Waals surface area contributed by atoms with E-state index < -0.39 is 11.2 Å². The Balaban J connectivity index is 2.00. The zero-order valence-electron chi connectivity index (χ0n) is 12.7. The van der Waals surface area contributed by atoms with Crippen molar-refractivity contribution in [1.82, 2.24) is 20.2 Å². The van der Waals surface area contributed by atoms with Gasteiger partial charge < -0.3 is 9.88 Å². The first-order valence-corrected chi connectivity index (χ1v) is 7.50. The summed E-state index contributed by atoms with van der Waals surface area (Å²) < 4.78 is 0. The van der Waals surface area contributed by atoms with Crippen molar-refractivity contribution in [1.29, 1.82) is 0 Å². The van der Waals surface area contributed by atoms with Gasteiger partial charge in [-0.05, 0) is 25.3 Å². The van der Waals surface area contributed by atoms with Gasteiger partial charge in [-0.25, -0.2) is 4.79 Å². The van der Waals surface area contributed by atoms with E-state index in [4.69, 9.17) is 0 Å². The van der Waals surface area contributed by atoms with E-state index in [1.807, 2.05) is 13.0 Å². The molecule has 0 amide bonds. The Bertz CT molecular complexity index is 795. The summed E-state index contributed by atoms with van der Waals surface area (Å²) in [5.74, 6) is 0.701. The third kappa shape index (κ3) is 2.66. The standard InChI is InChI=1S/C15H19N5O2/c1-3-10-4-5-20(8-10)13-6-12(19-18-9(13)2)11-7-16-15(22)17-14(11)21/h6-7,10H,3-5,8H2,1-2H3,(H2,16,17,21,22)/t10-/m1/s1. The summed E-state index contributed by atoms with van der Waals surface area (Å²) in [7, 11) is 0. The summed E-state index contributed by atoms with van der Waals surface area (Å²) in [4.78, 5) is 30.0. The van der Waals surface area contributed by atoms with Crippen molar-refractivity contribution in [2.45, 2.75) is 26.7 Å². The molecule has 1 aliphatic rings. The predicted octanol–water partition coefficient (Wildman–Crippen LogP) is 1.06. The van der Waals surface area contributed by atoms with Crippen LogP contribution in [0.2, 0.25) is 0 Å². The second-order valence-corrected chi connectivity index (χ2v) is 5.69. The first-order chi connectivity index (χ1) is 10.6. The number of rotatable bonds is 3. The van der Waals surface area contributed by atoms with E-state index in [1.54, 1.807) is 0 Å². The van der Waals surface area contributed by atoms with Gasteiger partial charge in [0.05, 0.1) is 16.9 Å². The van der Waals surface area contributed by atoms with Crippen molar-refractivity contribution < 1.29 is 0 Å². The molecule has 7 nitrogen and oxygen atoms in total. The summed E-state index contributed by atoms with van der Waals surface area (Å²) in [6.45, 7) is 6.12. The van der Waals surface area contributed by atoms with Gasteiger partial charge in [0.2, 0.25) is 0 Å². The highest BCUT2D eigenvalue weighted by Crippen LogP contribution is 2.28. The van der Waals surface area contributed by atoms with Crippen LogP contribution in [0.3, 0.4) is 0 Å². The number of nitrogens with one attached hydrogen (secondary N) is 2. The van der Waals surface area contributed by atoms with Crippen LogP contribution in [0.5, 0.6) is 0 Å². The van der Waals surface area contributed by atoms with Gasteiger partial charge in [-0.15, -0.1) is 5.10 Å². The van der Waals surface area contributed by atoms with Crippen molar-refractivity contribution >= 4 is 5.69 Å². The average Bonchev–Trinajstić information content (AvgIpc) is 2.97. The van der Waals surface area contributed by atoms with Gasteiger partial charge in [-0.2, -0.15) is 5.10 Å². The fourth-order valence-electron chi connectivity index (χ4n) is 2.88. The summed E-state index contributed by atoms with van der Waals surface area (Å²) in [6.07, 6.45) is 3.72. The summed E-state index contributed by atoms with van der Waals surface area (Å²) in [5, 5.41) is 8.27. The smallest absolute Gasteiger partial charge is 0.325 e. The number of aromatic amines is 2. The maximum Gasteiger partial charge on any atom is 0.325 e.